The predicted octanol–water partition coefficient (Wildman–Crippen LogP) is 1.90. The quantitative estimate of drug-likeness (QED) is 0.737. The second-order valence-electron chi connectivity index (χ2n) is 4.90. The maximum atomic E-state index is 4.47. The molecule has 2 N–H and O–H groups in total. The summed E-state index contributed by atoms with van der Waals surface area (Å²) in [6.07, 6.45) is 3.07. The van der Waals surface area contributed by atoms with Crippen LogP contribution in [0.25, 0.3) is 10.9 Å². The van der Waals surface area contributed by atoms with Gasteiger partial charge in [-0.25, -0.2) is 0 Å². The third-order valence-electron chi connectivity index (χ3n) is 3.65. The van der Waals surface area contributed by atoms with Gasteiger partial charge in [0.05, 0.1) is 0 Å². The number of benzene rings is 1. The van der Waals surface area contributed by atoms with Crippen molar-refractivity contribution in [2.45, 2.75) is 11.3 Å². The van der Waals surface area contributed by atoms with Crippen molar-refractivity contribution in [1.82, 2.24) is 15.2 Å². The number of hydrogen-bond donors (Lipinski definition) is 3. The zero-order valence-electron chi connectivity index (χ0n) is 10.4. The van der Waals surface area contributed by atoms with Crippen LogP contribution in [-0.2, 0) is 6.42 Å². The van der Waals surface area contributed by atoms with Gasteiger partial charge in [-0.2, -0.15) is 0 Å². The number of rotatable bonds is 3. The van der Waals surface area contributed by atoms with Crippen molar-refractivity contribution in [2.24, 2.45) is 0 Å². The van der Waals surface area contributed by atoms with Crippen molar-refractivity contribution < 1.29 is 0 Å². The minimum absolute atomic E-state index is 1.04. The van der Waals surface area contributed by atoms with Gasteiger partial charge >= 0.3 is 0 Å². The zero-order chi connectivity index (χ0) is 12.4. The number of fused-ring (bicyclic) bond motifs is 1. The number of thiol groups is 1. The van der Waals surface area contributed by atoms with Crippen LogP contribution in [0.3, 0.4) is 0 Å². The van der Waals surface area contributed by atoms with Gasteiger partial charge in [-0.05, 0) is 24.1 Å². The molecular weight excluding hydrogens is 242 g/mol. The molecule has 0 aliphatic carbocycles. The van der Waals surface area contributed by atoms with E-state index in [4.69, 9.17) is 0 Å². The Hall–Kier alpha value is -0.970. The summed E-state index contributed by atoms with van der Waals surface area (Å²) in [5.74, 6) is 0. The Morgan fingerprint density at radius 2 is 2.06 bits per heavy atom. The topological polar surface area (TPSA) is 31.1 Å². The monoisotopic (exact) mass is 261 g/mol. The molecule has 0 bridgehead atoms. The highest BCUT2D eigenvalue weighted by atomic mass is 32.1. The molecule has 0 saturated carbocycles. The number of aromatic nitrogens is 1. The fourth-order valence-electron chi connectivity index (χ4n) is 2.53. The Balaban J connectivity index is 1.68. The van der Waals surface area contributed by atoms with Gasteiger partial charge in [-0.1, -0.05) is 6.07 Å². The van der Waals surface area contributed by atoms with E-state index in [9.17, 15) is 0 Å². The van der Waals surface area contributed by atoms with Gasteiger partial charge in [0, 0.05) is 54.7 Å². The van der Waals surface area contributed by atoms with Crippen LogP contribution in [0.1, 0.15) is 5.56 Å². The molecule has 0 atom stereocenters. The second kappa shape index (κ2) is 5.34. The van der Waals surface area contributed by atoms with Gasteiger partial charge in [0.2, 0.25) is 0 Å². The molecule has 96 valence electrons. The first-order valence-electron chi connectivity index (χ1n) is 6.55. The number of H-pyrrole nitrogens is 1. The maximum Gasteiger partial charge on any atom is 0.0465 e. The van der Waals surface area contributed by atoms with Crippen LogP contribution in [-0.4, -0.2) is 42.6 Å². The summed E-state index contributed by atoms with van der Waals surface area (Å²) in [4.78, 5) is 6.79. The first-order chi connectivity index (χ1) is 8.83. The molecule has 3 rings (SSSR count). The first-order valence-corrected chi connectivity index (χ1v) is 7.00. The van der Waals surface area contributed by atoms with Crippen molar-refractivity contribution in [3.05, 3.63) is 30.0 Å². The van der Waals surface area contributed by atoms with E-state index < -0.39 is 0 Å². The normalized spacial score (nSPS) is 17.4. The van der Waals surface area contributed by atoms with Crippen LogP contribution in [0, 0.1) is 0 Å². The fraction of sp³-hybridized carbons (Fsp3) is 0.429. The number of hydrogen-bond acceptors (Lipinski definition) is 3. The standard InChI is InChI=1S/C14H19N3S/c18-14-10-16-13-2-1-11(9-12(13)14)3-6-17-7-4-15-5-8-17/h1-2,9-10,15-16,18H,3-8H2. The molecule has 1 aromatic carbocycles. The zero-order valence-corrected chi connectivity index (χ0v) is 11.3. The summed E-state index contributed by atoms with van der Waals surface area (Å²) in [5, 5.41) is 4.62. The molecular formula is C14H19N3S. The van der Waals surface area contributed by atoms with Crippen molar-refractivity contribution >= 4 is 23.5 Å². The maximum absolute atomic E-state index is 4.47. The van der Waals surface area contributed by atoms with E-state index >= 15 is 0 Å². The Morgan fingerprint density at radius 3 is 2.89 bits per heavy atom. The van der Waals surface area contributed by atoms with Crippen LogP contribution in [0.2, 0.25) is 0 Å². The molecule has 2 aromatic rings. The van der Waals surface area contributed by atoms with E-state index in [2.05, 4.69) is 46.0 Å². The van der Waals surface area contributed by atoms with Gasteiger partial charge in [0.1, 0.15) is 0 Å². The van der Waals surface area contributed by atoms with Crippen LogP contribution in [0.15, 0.2) is 29.3 Å². The van der Waals surface area contributed by atoms with Crippen LogP contribution >= 0.6 is 12.6 Å². The summed E-state index contributed by atoms with van der Waals surface area (Å²) in [6, 6.07) is 6.63. The highest BCUT2D eigenvalue weighted by Gasteiger charge is 2.09. The largest absolute Gasteiger partial charge is 0.360 e. The molecule has 1 aliphatic heterocycles. The van der Waals surface area contributed by atoms with Crippen LogP contribution in [0.4, 0.5) is 0 Å². The molecule has 1 fully saturated rings. The molecule has 1 aromatic heterocycles. The fourth-order valence-corrected chi connectivity index (χ4v) is 2.78. The van der Waals surface area contributed by atoms with Crippen molar-refractivity contribution in [2.75, 3.05) is 32.7 Å². The number of nitrogens with one attached hydrogen (secondary N) is 2. The molecule has 0 amide bonds. The van der Waals surface area contributed by atoms with E-state index in [0.29, 0.717) is 0 Å². The highest BCUT2D eigenvalue weighted by Crippen LogP contribution is 2.22. The average Bonchev–Trinajstić information content (AvgIpc) is 2.79. The molecule has 0 radical (unpaired) electrons. The lowest BCUT2D eigenvalue weighted by atomic mass is 10.1. The molecule has 2 heterocycles. The first kappa shape index (κ1) is 12.1. The average molecular weight is 261 g/mol. The van der Waals surface area contributed by atoms with Crippen LogP contribution < -0.4 is 5.32 Å². The Morgan fingerprint density at radius 1 is 1.22 bits per heavy atom. The summed E-state index contributed by atoms with van der Waals surface area (Å²) in [5.41, 5.74) is 2.57. The van der Waals surface area contributed by atoms with E-state index in [0.717, 1.165) is 31.0 Å². The Bertz CT molecular complexity index is 529. The third kappa shape index (κ3) is 2.55. The third-order valence-corrected chi connectivity index (χ3v) is 4.02. The minimum Gasteiger partial charge on any atom is -0.360 e. The van der Waals surface area contributed by atoms with Gasteiger partial charge in [0.15, 0.2) is 0 Å². The van der Waals surface area contributed by atoms with Crippen molar-refractivity contribution in [1.29, 1.82) is 0 Å². The predicted molar refractivity (Wildman–Crippen MR) is 78.6 cm³/mol. The summed E-state index contributed by atoms with van der Waals surface area (Å²) in [7, 11) is 0. The second-order valence-corrected chi connectivity index (χ2v) is 5.38. The van der Waals surface area contributed by atoms with Gasteiger partial charge in [0.25, 0.3) is 0 Å². The van der Waals surface area contributed by atoms with E-state index in [1.807, 2.05) is 6.20 Å². The number of piperazine rings is 1. The molecule has 1 saturated heterocycles. The summed E-state index contributed by atoms with van der Waals surface area (Å²) < 4.78 is 0. The van der Waals surface area contributed by atoms with E-state index in [-0.39, 0.29) is 0 Å². The molecule has 18 heavy (non-hydrogen) atoms. The lowest BCUT2D eigenvalue weighted by Gasteiger charge is -2.27. The Kier molecular flexibility index (Phi) is 3.59. The molecule has 1 aliphatic rings. The van der Waals surface area contributed by atoms with Gasteiger partial charge in [-0.3, -0.25) is 0 Å². The Labute approximate surface area is 113 Å². The van der Waals surface area contributed by atoms with E-state index in [1.165, 1.54) is 29.6 Å². The van der Waals surface area contributed by atoms with Gasteiger partial charge < -0.3 is 15.2 Å². The lowest BCUT2D eigenvalue weighted by molar-refractivity contribution is 0.244. The number of aromatic amines is 1. The lowest BCUT2D eigenvalue weighted by Crippen LogP contribution is -2.44. The molecule has 3 nitrogen and oxygen atoms in total. The van der Waals surface area contributed by atoms with Gasteiger partial charge in [-0.15, -0.1) is 12.6 Å². The van der Waals surface area contributed by atoms with Crippen LogP contribution in [0.5, 0.6) is 0 Å². The summed E-state index contributed by atoms with van der Waals surface area (Å²) >= 11 is 4.47. The molecule has 4 heteroatoms. The SMILES string of the molecule is Sc1c[nH]c2ccc(CCN3CCNCC3)cc12. The minimum atomic E-state index is 1.04. The van der Waals surface area contributed by atoms with E-state index in [1.54, 1.807) is 0 Å². The summed E-state index contributed by atoms with van der Waals surface area (Å²) in [6.45, 7) is 5.74. The van der Waals surface area contributed by atoms with Crippen molar-refractivity contribution in [3.8, 4) is 0 Å². The number of nitrogens with zero attached hydrogens (tertiary/aromatic N) is 1. The van der Waals surface area contributed by atoms with Crippen molar-refractivity contribution in [3.63, 3.8) is 0 Å². The molecule has 0 unspecified atom stereocenters. The smallest absolute Gasteiger partial charge is 0.0465 e. The highest BCUT2D eigenvalue weighted by molar-refractivity contribution is 7.80. The molecule has 0 spiro atoms.